The van der Waals surface area contributed by atoms with E-state index >= 15 is 0 Å². The van der Waals surface area contributed by atoms with E-state index in [1.54, 1.807) is 0 Å². The summed E-state index contributed by atoms with van der Waals surface area (Å²) in [5.41, 5.74) is -0.518. The smallest absolute Gasteiger partial charge is 0.470 e. The molecular weight excluding hydrogens is 370 g/mol. The predicted octanol–water partition coefficient (Wildman–Crippen LogP) is 2.56. The van der Waals surface area contributed by atoms with Crippen LogP contribution in [0.2, 0.25) is 5.02 Å². The number of nitrogens with zero attached hydrogens (tertiary/aromatic N) is 1. The second-order valence-electron chi connectivity index (χ2n) is 4.24. The third-order valence-corrected chi connectivity index (χ3v) is 3.74. The minimum Gasteiger partial charge on any atom is -0.759 e. The van der Waals surface area contributed by atoms with Gasteiger partial charge in [-0.2, -0.15) is 13.2 Å². The van der Waals surface area contributed by atoms with Crippen molar-refractivity contribution in [2.75, 3.05) is 6.61 Å². The molecule has 0 fully saturated rings. The average molecular weight is 379 g/mol. The Bertz CT molecular complexity index is 627. The number of halogens is 5. The maximum Gasteiger partial charge on any atom is 0.470 e. The van der Waals surface area contributed by atoms with E-state index in [2.05, 4.69) is 0 Å². The van der Waals surface area contributed by atoms with Crippen molar-refractivity contribution in [3.8, 4) is 5.75 Å². The molecule has 23 heavy (non-hydrogen) atoms. The highest BCUT2D eigenvalue weighted by molar-refractivity contribution is 7.76. The van der Waals surface area contributed by atoms with Gasteiger partial charge in [-0.25, -0.2) is 9.18 Å². The van der Waals surface area contributed by atoms with Gasteiger partial charge in [0.1, 0.15) is 6.61 Å². The molecule has 1 rings (SSSR count). The Morgan fingerprint density at radius 2 is 2.09 bits per heavy atom. The van der Waals surface area contributed by atoms with Crippen LogP contribution in [0.15, 0.2) is 12.1 Å². The Balaban J connectivity index is 2.95. The first-order chi connectivity index (χ1) is 10.4. The van der Waals surface area contributed by atoms with Crippen LogP contribution in [0.5, 0.6) is 5.75 Å². The zero-order valence-electron chi connectivity index (χ0n) is 11.3. The van der Waals surface area contributed by atoms with E-state index in [1.807, 2.05) is 0 Å². The highest BCUT2D eigenvalue weighted by Gasteiger charge is 2.42. The predicted molar refractivity (Wildman–Crippen MR) is 70.1 cm³/mol. The quantitative estimate of drug-likeness (QED) is 0.467. The number of rotatable bonds is 6. The number of aromatic carboxylic acids is 1. The van der Waals surface area contributed by atoms with Gasteiger partial charge in [-0.1, -0.05) is 11.6 Å². The summed E-state index contributed by atoms with van der Waals surface area (Å²) in [6, 6.07) is -0.395. The molecule has 6 nitrogen and oxygen atoms in total. The fourth-order valence-electron chi connectivity index (χ4n) is 1.56. The molecule has 12 heteroatoms. The largest absolute Gasteiger partial charge is 0.759 e. The molecule has 1 aromatic rings. The molecular formula is C11H9ClF4NO5S-. The third kappa shape index (κ3) is 5.03. The second-order valence-corrected chi connectivity index (χ2v) is 5.47. The van der Waals surface area contributed by atoms with Crippen LogP contribution in [0.4, 0.5) is 17.6 Å². The van der Waals surface area contributed by atoms with Crippen molar-refractivity contribution >= 4 is 28.8 Å². The molecule has 0 aliphatic rings. The number of ether oxygens (including phenoxy) is 1. The summed E-state index contributed by atoms with van der Waals surface area (Å²) in [7, 11) is 0. The highest BCUT2D eigenvalue weighted by atomic mass is 35.5. The number of hydrogen-bond donors (Lipinski definition) is 1. The molecule has 0 saturated heterocycles. The van der Waals surface area contributed by atoms with Gasteiger partial charge in [-0.3, -0.25) is 4.21 Å². The second kappa shape index (κ2) is 7.43. The lowest BCUT2D eigenvalue weighted by molar-refractivity contribution is -0.222. The minimum atomic E-state index is -5.18. The van der Waals surface area contributed by atoms with Gasteiger partial charge in [0.15, 0.2) is 11.6 Å². The fraction of sp³-hybridized carbons (Fsp3) is 0.364. The molecule has 0 spiro atoms. The van der Waals surface area contributed by atoms with Gasteiger partial charge in [0, 0.05) is 11.3 Å². The maximum atomic E-state index is 13.6. The molecule has 0 aliphatic heterocycles. The van der Waals surface area contributed by atoms with Crippen LogP contribution in [-0.2, 0) is 11.3 Å². The van der Waals surface area contributed by atoms with Crippen molar-refractivity contribution in [3.63, 3.8) is 0 Å². The van der Waals surface area contributed by atoms with Crippen LogP contribution in [-0.4, -0.2) is 43.1 Å². The summed E-state index contributed by atoms with van der Waals surface area (Å²) >= 11 is 1.88. The fourth-order valence-corrected chi connectivity index (χ4v) is 2.32. The number of carboxylic acids is 1. The lowest BCUT2D eigenvalue weighted by Crippen LogP contribution is -2.47. The zero-order chi connectivity index (χ0) is 17.9. The lowest BCUT2D eigenvalue weighted by Gasteiger charge is -2.31. The number of hydrogen-bond acceptors (Lipinski definition) is 4. The van der Waals surface area contributed by atoms with E-state index in [0.29, 0.717) is 12.1 Å². The number of benzene rings is 1. The molecule has 0 amide bonds. The van der Waals surface area contributed by atoms with Crippen molar-refractivity contribution in [1.82, 2.24) is 4.31 Å². The molecule has 0 aliphatic carbocycles. The van der Waals surface area contributed by atoms with Gasteiger partial charge in [0.2, 0.25) is 0 Å². The van der Waals surface area contributed by atoms with Crippen LogP contribution in [0.3, 0.4) is 0 Å². The van der Waals surface area contributed by atoms with Gasteiger partial charge < -0.3 is 14.4 Å². The summed E-state index contributed by atoms with van der Waals surface area (Å²) in [5.74, 6) is -3.27. The lowest BCUT2D eigenvalue weighted by atomic mass is 10.2. The Kier molecular flexibility index (Phi) is 6.33. The first-order valence-electron chi connectivity index (χ1n) is 5.75. The molecule has 130 valence electrons. The molecule has 0 saturated carbocycles. The van der Waals surface area contributed by atoms with E-state index in [9.17, 15) is 31.1 Å². The van der Waals surface area contributed by atoms with Crippen molar-refractivity contribution in [1.29, 1.82) is 0 Å². The summed E-state index contributed by atoms with van der Waals surface area (Å²) in [6.07, 6.45) is -5.18. The summed E-state index contributed by atoms with van der Waals surface area (Å²) in [5, 5.41) is 8.40. The zero-order valence-corrected chi connectivity index (χ0v) is 12.8. The van der Waals surface area contributed by atoms with Crippen LogP contribution < -0.4 is 4.74 Å². The van der Waals surface area contributed by atoms with Gasteiger partial charge >= 0.3 is 12.3 Å². The molecule has 1 aromatic carbocycles. The number of alkyl halides is 3. The maximum absolute atomic E-state index is 13.6. The van der Waals surface area contributed by atoms with Crippen molar-refractivity contribution in [2.24, 2.45) is 0 Å². The first-order valence-corrected chi connectivity index (χ1v) is 7.16. The topological polar surface area (TPSA) is 89.9 Å². The van der Waals surface area contributed by atoms with Crippen molar-refractivity contribution in [2.45, 2.75) is 19.3 Å². The van der Waals surface area contributed by atoms with Crippen LogP contribution in [0, 0.1) is 5.82 Å². The van der Waals surface area contributed by atoms with E-state index in [-0.39, 0.29) is 0 Å². The highest BCUT2D eigenvalue weighted by Crippen LogP contribution is 2.28. The standard InChI is InChI=1S/C11H10ClF4NO5S/c1-5(17(23(20)21)11(14,15)16)4-22-9-2-6(10(18)19)7(12)3-8(9)13/h2-3,5H,4H2,1H3,(H,18,19)(H,20,21)/p-1/t5-/m0/s1. The number of carboxylic acid groups (broad SMARTS) is 1. The van der Waals surface area contributed by atoms with Crippen LogP contribution in [0.1, 0.15) is 17.3 Å². The summed E-state index contributed by atoms with van der Waals surface area (Å²) in [4.78, 5) is 10.9. The summed E-state index contributed by atoms with van der Waals surface area (Å²) < 4.78 is 76.5. The molecule has 0 aromatic heterocycles. The van der Waals surface area contributed by atoms with E-state index < -0.39 is 62.6 Å². The molecule has 0 heterocycles. The van der Waals surface area contributed by atoms with Gasteiger partial charge in [-0.15, -0.1) is 4.31 Å². The Morgan fingerprint density at radius 3 is 2.52 bits per heavy atom. The molecule has 2 atom stereocenters. The summed E-state index contributed by atoms with van der Waals surface area (Å²) in [6.45, 7) is 0.0142. The Morgan fingerprint density at radius 1 is 1.52 bits per heavy atom. The van der Waals surface area contributed by atoms with Gasteiger partial charge in [0.05, 0.1) is 16.6 Å². The average Bonchev–Trinajstić information content (AvgIpc) is 2.34. The SMILES string of the molecule is C[C@@H](COc1cc(C(=O)O)c(Cl)cc1F)N(S(=O)[O-])C(F)(F)F. The third-order valence-electron chi connectivity index (χ3n) is 2.54. The first kappa shape index (κ1) is 19.6. The minimum absolute atomic E-state index is 0.423. The Hall–Kier alpha value is -1.43. The monoisotopic (exact) mass is 378 g/mol. The van der Waals surface area contributed by atoms with Crippen molar-refractivity contribution in [3.05, 3.63) is 28.5 Å². The van der Waals surface area contributed by atoms with E-state index in [4.69, 9.17) is 21.4 Å². The molecule has 1 unspecified atom stereocenters. The molecule has 0 radical (unpaired) electrons. The molecule has 0 bridgehead atoms. The normalized spacial score (nSPS) is 14.6. The van der Waals surface area contributed by atoms with E-state index in [1.165, 1.54) is 0 Å². The van der Waals surface area contributed by atoms with Crippen LogP contribution >= 0.6 is 11.6 Å². The molecule has 1 N–H and O–H groups in total. The van der Waals surface area contributed by atoms with Gasteiger partial charge in [-0.05, 0) is 19.1 Å². The van der Waals surface area contributed by atoms with Gasteiger partial charge in [0.25, 0.3) is 0 Å². The number of carbonyl (C=O) groups is 1. The van der Waals surface area contributed by atoms with Crippen LogP contribution in [0.25, 0.3) is 0 Å². The Labute approximate surface area is 135 Å². The van der Waals surface area contributed by atoms with E-state index in [0.717, 1.165) is 6.92 Å². The van der Waals surface area contributed by atoms with Crippen molar-refractivity contribution < 1.29 is 41.0 Å².